The van der Waals surface area contributed by atoms with Crippen molar-refractivity contribution in [2.24, 2.45) is 0 Å². The molecule has 2 nitrogen and oxygen atoms in total. The van der Waals surface area contributed by atoms with Crippen LogP contribution in [0.15, 0.2) is 24.3 Å². The lowest BCUT2D eigenvalue weighted by Gasteiger charge is -2.38. The number of ether oxygens (including phenoxy) is 2. The largest absolute Gasteiger partial charge is 0.430 e. The third kappa shape index (κ3) is 4.91. The number of hydrogen-bond donors (Lipinski definition) is 0. The molecule has 0 fully saturated rings. The highest BCUT2D eigenvalue weighted by Gasteiger charge is 2.73. The summed E-state index contributed by atoms with van der Waals surface area (Å²) in [7, 11) is 0. The van der Waals surface area contributed by atoms with E-state index in [9.17, 15) is 26.3 Å². The minimum absolute atomic E-state index is 0.0142. The van der Waals surface area contributed by atoms with Gasteiger partial charge in [0.25, 0.3) is 5.60 Å². The lowest BCUT2D eigenvalue weighted by molar-refractivity contribution is -0.405. The Morgan fingerprint density at radius 2 is 1.31 bits per heavy atom. The second-order valence-corrected chi connectivity index (χ2v) is 7.13. The van der Waals surface area contributed by atoms with Gasteiger partial charge in [-0.2, -0.15) is 26.3 Å². The summed E-state index contributed by atoms with van der Waals surface area (Å²) in [4.78, 5) is 0. The van der Waals surface area contributed by atoms with Gasteiger partial charge in [-0.3, -0.25) is 0 Å². The second-order valence-electron chi connectivity index (χ2n) is 7.13. The second kappa shape index (κ2) is 7.76. The molecule has 1 atom stereocenters. The zero-order valence-corrected chi connectivity index (χ0v) is 15.4. The van der Waals surface area contributed by atoms with E-state index in [1.807, 2.05) is 13.8 Å². The van der Waals surface area contributed by atoms with Crippen molar-refractivity contribution in [2.45, 2.75) is 70.5 Å². The van der Waals surface area contributed by atoms with Gasteiger partial charge in [-0.15, -0.1) is 0 Å². The van der Waals surface area contributed by atoms with Gasteiger partial charge in [0, 0.05) is 5.56 Å². The molecule has 0 spiro atoms. The van der Waals surface area contributed by atoms with Crippen molar-refractivity contribution in [1.82, 2.24) is 0 Å². The zero-order valence-electron chi connectivity index (χ0n) is 15.4. The lowest BCUT2D eigenvalue weighted by atomic mass is 9.89. The molecular weight excluding hydrogens is 362 g/mol. The zero-order chi connectivity index (χ0) is 20.4. The van der Waals surface area contributed by atoms with Gasteiger partial charge in [0.1, 0.15) is 6.79 Å². The topological polar surface area (TPSA) is 18.5 Å². The number of alkyl halides is 6. The molecule has 0 aliphatic carbocycles. The van der Waals surface area contributed by atoms with E-state index in [2.05, 4.69) is 4.74 Å². The van der Waals surface area contributed by atoms with Crippen LogP contribution >= 0.6 is 0 Å². The highest BCUT2D eigenvalue weighted by molar-refractivity contribution is 5.32. The minimum Gasteiger partial charge on any atom is -0.350 e. The van der Waals surface area contributed by atoms with Gasteiger partial charge in [-0.1, -0.05) is 38.1 Å². The van der Waals surface area contributed by atoms with Gasteiger partial charge in [0.05, 0.1) is 5.60 Å². The predicted molar refractivity (Wildman–Crippen MR) is 85.7 cm³/mol. The van der Waals surface area contributed by atoms with E-state index in [0.717, 1.165) is 12.1 Å². The number of hydrogen-bond acceptors (Lipinski definition) is 2. The maximum Gasteiger partial charge on any atom is 0.430 e. The molecule has 150 valence electrons. The molecule has 1 aromatic rings. The Morgan fingerprint density at radius 1 is 0.846 bits per heavy atom. The molecule has 1 unspecified atom stereocenters. The Kier molecular flexibility index (Phi) is 6.79. The average Bonchev–Trinajstić information content (AvgIpc) is 2.47. The average molecular weight is 386 g/mol. The van der Waals surface area contributed by atoms with Crippen LogP contribution in [0.25, 0.3) is 0 Å². The molecule has 0 heterocycles. The molecule has 0 bridgehead atoms. The van der Waals surface area contributed by atoms with Crippen LogP contribution in [0.4, 0.5) is 26.3 Å². The van der Waals surface area contributed by atoms with Crippen LogP contribution in [0.5, 0.6) is 0 Å². The molecule has 0 amide bonds. The van der Waals surface area contributed by atoms with Crippen molar-refractivity contribution in [3.05, 3.63) is 35.4 Å². The van der Waals surface area contributed by atoms with E-state index in [1.165, 1.54) is 32.9 Å². The Balaban J connectivity index is 3.39. The van der Waals surface area contributed by atoms with Crippen molar-refractivity contribution >= 4 is 0 Å². The first-order valence-electron chi connectivity index (χ1n) is 8.17. The van der Waals surface area contributed by atoms with Crippen LogP contribution in [0.1, 0.15) is 58.1 Å². The van der Waals surface area contributed by atoms with Crippen molar-refractivity contribution in [3.8, 4) is 0 Å². The molecule has 0 saturated heterocycles. The van der Waals surface area contributed by atoms with Crippen LogP contribution < -0.4 is 0 Å². The molecule has 0 aliphatic rings. The fourth-order valence-electron chi connectivity index (χ4n) is 2.31. The summed E-state index contributed by atoms with van der Waals surface area (Å²) in [5, 5.41) is 0. The molecule has 26 heavy (non-hydrogen) atoms. The summed E-state index contributed by atoms with van der Waals surface area (Å²) in [6, 6.07) is 4.17. The summed E-state index contributed by atoms with van der Waals surface area (Å²) >= 11 is 0. The molecule has 0 aromatic heterocycles. The summed E-state index contributed by atoms with van der Waals surface area (Å²) in [5.41, 5.74) is -5.79. The first kappa shape index (κ1) is 22.8. The molecule has 0 radical (unpaired) electrons. The maximum absolute atomic E-state index is 13.6. The van der Waals surface area contributed by atoms with Gasteiger partial charge in [-0.05, 0) is 38.7 Å². The van der Waals surface area contributed by atoms with E-state index >= 15 is 0 Å². The maximum atomic E-state index is 13.6. The van der Waals surface area contributed by atoms with E-state index in [1.54, 1.807) is 0 Å². The molecule has 8 heteroatoms. The first-order valence-corrected chi connectivity index (χ1v) is 8.17. The summed E-state index contributed by atoms with van der Waals surface area (Å²) in [5.74, 6) is 0.0142. The summed E-state index contributed by atoms with van der Waals surface area (Å²) in [6.45, 7) is 7.06. The Morgan fingerprint density at radius 3 is 1.65 bits per heavy atom. The lowest BCUT2D eigenvalue weighted by Crippen LogP contribution is -2.56. The Bertz CT molecular complexity index is 555. The fourth-order valence-corrected chi connectivity index (χ4v) is 2.31. The molecule has 0 N–H and O–H groups in total. The van der Waals surface area contributed by atoms with Gasteiger partial charge in [0.15, 0.2) is 0 Å². The highest BCUT2D eigenvalue weighted by Crippen LogP contribution is 2.53. The predicted octanol–water partition coefficient (Wildman–Crippen LogP) is 6.31. The van der Waals surface area contributed by atoms with E-state index in [0.29, 0.717) is 12.0 Å². The van der Waals surface area contributed by atoms with Gasteiger partial charge in [0.2, 0.25) is 0 Å². The number of benzene rings is 1. The molecule has 1 aromatic carbocycles. The van der Waals surface area contributed by atoms with Crippen molar-refractivity contribution in [2.75, 3.05) is 6.79 Å². The Hall–Kier alpha value is -1.28. The summed E-state index contributed by atoms with van der Waals surface area (Å²) in [6.07, 6.45) is -10.7. The van der Waals surface area contributed by atoms with E-state index < -0.39 is 35.9 Å². The van der Waals surface area contributed by atoms with Crippen molar-refractivity contribution < 1.29 is 35.8 Å². The monoisotopic (exact) mass is 386 g/mol. The van der Waals surface area contributed by atoms with Crippen LogP contribution in [-0.2, 0) is 15.1 Å². The smallest absolute Gasteiger partial charge is 0.350 e. The third-order valence-electron chi connectivity index (χ3n) is 4.06. The summed E-state index contributed by atoms with van der Waals surface area (Å²) < 4.78 is 90.9. The minimum atomic E-state index is -5.72. The third-order valence-corrected chi connectivity index (χ3v) is 4.06. The fraction of sp³-hybridized carbons (Fsp3) is 0.667. The van der Waals surface area contributed by atoms with E-state index in [-0.39, 0.29) is 5.92 Å². The highest BCUT2D eigenvalue weighted by atomic mass is 19.4. The normalized spacial score (nSPS) is 15.2. The van der Waals surface area contributed by atoms with Gasteiger partial charge < -0.3 is 9.47 Å². The molecule has 0 saturated carbocycles. The Labute approximate surface area is 149 Å². The van der Waals surface area contributed by atoms with Gasteiger partial charge in [-0.25, -0.2) is 0 Å². The quantitative estimate of drug-likeness (QED) is 0.421. The molecule has 1 rings (SSSR count). The van der Waals surface area contributed by atoms with Crippen LogP contribution in [0, 0.1) is 0 Å². The van der Waals surface area contributed by atoms with Gasteiger partial charge >= 0.3 is 12.4 Å². The number of rotatable bonds is 6. The van der Waals surface area contributed by atoms with Crippen LogP contribution in [0.3, 0.4) is 0 Å². The molecule has 0 aliphatic heterocycles. The van der Waals surface area contributed by atoms with Crippen molar-refractivity contribution in [1.29, 1.82) is 0 Å². The van der Waals surface area contributed by atoms with Crippen LogP contribution in [0.2, 0.25) is 0 Å². The van der Waals surface area contributed by atoms with Crippen molar-refractivity contribution in [3.63, 3.8) is 0 Å². The SMILES string of the molecule is CCC(C)c1ccc(C(OCOC(C)(C)C)(C(F)(F)F)C(F)(F)F)cc1. The first-order chi connectivity index (χ1) is 11.7. The molecular formula is C18H24F6O2. The van der Waals surface area contributed by atoms with E-state index in [4.69, 9.17) is 4.74 Å². The van der Waals surface area contributed by atoms with Crippen LogP contribution in [-0.4, -0.2) is 24.7 Å². The number of halogens is 6. The standard InChI is InChI=1S/C18H24F6O2/c1-6-12(2)13-7-9-14(10-8-13)16(17(19,20)21,18(22,23)24)26-11-25-15(3,4)5/h7-10,12H,6,11H2,1-5H3.